The Kier molecular flexibility index (Phi) is 3.27. The van der Waals surface area contributed by atoms with Gasteiger partial charge < -0.3 is 10.0 Å². The van der Waals surface area contributed by atoms with E-state index >= 15 is 0 Å². The molecule has 0 spiro atoms. The van der Waals surface area contributed by atoms with E-state index in [0.717, 1.165) is 25.8 Å². The normalized spacial score (nSPS) is 26.0. The van der Waals surface area contributed by atoms with Crippen LogP contribution in [0.4, 0.5) is 0 Å². The van der Waals surface area contributed by atoms with Gasteiger partial charge in [0.15, 0.2) is 0 Å². The molecule has 0 unspecified atom stereocenters. The van der Waals surface area contributed by atoms with Gasteiger partial charge in [-0.2, -0.15) is 0 Å². The largest absolute Gasteiger partial charge is 0.481 e. The fraction of sp³-hybridized carbons (Fsp3) is 0.667. The second-order valence-electron chi connectivity index (χ2n) is 4.60. The summed E-state index contributed by atoms with van der Waals surface area (Å²) >= 11 is 0. The lowest BCUT2D eigenvalue weighted by Crippen LogP contribution is -2.44. The maximum Gasteiger partial charge on any atom is 0.308 e. The van der Waals surface area contributed by atoms with Crippen molar-refractivity contribution in [2.75, 3.05) is 13.1 Å². The van der Waals surface area contributed by atoms with Crippen molar-refractivity contribution in [1.82, 2.24) is 4.90 Å². The van der Waals surface area contributed by atoms with Gasteiger partial charge in [0.1, 0.15) is 0 Å². The fourth-order valence-corrected chi connectivity index (χ4v) is 2.46. The molecule has 0 aromatic heterocycles. The molecule has 0 aromatic rings. The average molecular weight is 223 g/mol. The molecule has 1 fully saturated rings. The van der Waals surface area contributed by atoms with Crippen LogP contribution in [0.25, 0.3) is 0 Å². The van der Waals surface area contributed by atoms with Crippen LogP contribution in [0.5, 0.6) is 0 Å². The molecule has 2 aliphatic rings. The standard InChI is InChI=1S/C12H17NO3/c14-11(9-4-1-2-5-9)13-7-3-6-10(8-13)12(15)16/h1-2,9-10H,3-8H2,(H,15,16)/t10-/m0/s1. The number of carboxylic acids is 1. The zero-order valence-electron chi connectivity index (χ0n) is 9.26. The van der Waals surface area contributed by atoms with Gasteiger partial charge in [-0.15, -0.1) is 0 Å². The number of hydrogen-bond acceptors (Lipinski definition) is 2. The first-order valence-corrected chi connectivity index (χ1v) is 5.85. The number of carbonyl (C=O) groups excluding carboxylic acids is 1. The summed E-state index contributed by atoms with van der Waals surface area (Å²) in [7, 11) is 0. The number of likely N-dealkylation sites (tertiary alicyclic amines) is 1. The monoisotopic (exact) mass is 223 g/mol. The summed E-state index contributed by atoms with van der Waals surface area (Å²) in [6.45, 7) is 1.11. The van der Waals surface area contributed by atoms with Gasteiger partial charge in [-0.25, -0.2) is 0 Å². The molecule has 0 radical (unpaired) electrons. The number of carboxylic acid groups (broad SMARTS) is 1. The molecule has 1 atom stereocenters. The topological polar surface area (TPSA) is 57.6 Å². The van der Waals surface area contributed by atoms with Crippen LogP contribution >= 0.6 is 0 Å². The Morgan fingerprint density at radius 2 is 1.88 bits per heavy atom. The third-order valence-electron chi connectivity index (χ3n) is 3.44. The van der Waals surface area contributed by atoms with E-state index in [1.54, 1.807) is 4.90 Å². The van der Waals surface area contributed by atoms with E-state index in [1.165, 1.54) is 0 Å². The average Bonchev–Trinajstić information content (AvgIpc) is 2.81. The summed E-state index contributed by atoms with van der Waals surface area (Å²) in [4.78, 5) is 24.7. The van der Waals surface area contributed by atoms with Gasteiger partial charge in [-0.3, -0.25) is 9.59 Å². The van der Waals surface area contributed by atoms with Crippen LogP contribution in [-0.2, 0) is 9.59 Å². The predicted molar refractivity (Wildman–Crippen MR) is 58.8 cm³/mol. The number of piperidine rings is 1. The van der Waals surface area contributed by atoms with Crippen molar-refractivity contribution in [2.45, 2.75) is 25.7 Å². The van der Waals surface area contributed by atoms with Crippen LogP contribution in [0, 0.1) is 11.8 Å². The zero-order valence-corrected chi connectivity index (χ0v) is 9.26. The molecule has 1 N–H and O–H groups in total. The molecule has 16 heavy (non-hydrogen) atoms. The quantitative estimate of drug-likeness (QED) is 0.717. The summed E-state index contributed by atoms with van der Waals surface area (Å²) in [5.74, 6) is -0.947. The third-order valence-corrected chi connectivity index (χ3v) is 3.44. The van der Waals surface area contributed by atoms with Gasteiger partial charge in [-0.05, 0) is 25.7 Å². The van der Waals surface area contributed by atoms with E-state index in [0.29, 0.717) is 13.0 Å². The molecule has 1 aliphatic heterocycles. The van der Waals surface area contributed by atoms with Crippen LogP contribution in [0.2, 0.25) is 0 Å². The number of nitrogens with zero attached hydrogens (tertiary/aromatic N) is 1. The number of allylic oxidation sites excluding steroid dienone is 2. The fourth-order valence-electron chi connectivity index (χ4n) is 2.46. The Morgan fingerprint density at radius 3 is 2.50 bits per heavy atom. The Balaban J connectivity index is 1.93. The zero-order chi connectivity index (χ0) is 11.5. The molecule has 2 rings (SSSR count). The highest BCUT2D eigenvalue weighted by molar-refractivity contribution is 5.80. The minimum atomic E-state index is -0.776. The summed E-state index contributed by atoms with van der Waals surface area (Å²) < 4.78 is 0. The molecule has 0 aromatic carbocycles. The first-order chi connectivity index (χ1) is 7.68. The first kappa shape index (κ1) is 11.2. The van der Waals surface area contributed by atoms with Crippen molar-refractivity contribution in [2.24, 2.45) is 11.8 Å². The van der Waals surface area contributed by atoms with Crippen molar-refractivity contribution < 1.29 is 14.7 Å². The third kappa shape index (κ3) is 2.26. The number of rotatable bonds is 2. The van der Waals surface area contributed by atoms with E-state index in [2.05, 4.69) is 0 Å². The molecule has 1 aliphatic carbocycles. The number of carbonyl (C=O) groups is 2. The maximum absolute atomic E-state index is 12.1. The van der Waals surface area contributed by atoms with Crippen LogP contribution in [0.3, 0.4) is 0 Å². The SMILES string of the molecule is O=C(O)[C@H]1CCCN(C(=O)C2CC=CC2)C1. The summed E-state index contributed by atoms with van der Waals surface area (Å²) in [6.07, 6.45) is 7.19. The highest BCUT2D eigenvalue weighted by Crippen LogP contribution is 2.24. The first-order valence-electron chi connectivity index (χ1n) is 5.85. The summed E-state index contributed by atoms with van der Waals surface area (Å²) in [5, 5.41) is 8.95. The van der Waals surface area contributed by atoms with E-state index < -0.39 is 5.97 Å². The Bertz CT molecular complexity index is 316. The van der Waals surface area contributed by atoms with Crippen molar-refractivity contribution in [3.8, 4) is 0 Å². The lowest BCUT2D eigenvalue weighted by molar-refractivity contribution is -0.146. The van der Waals surface area contributed by atoms with Crippen molar-refractivity contribution in [1.29, 1.82) is 0 Å². The highest BCUT2D eigenvalue weighted by atomic mass is 16.4. The van der Waals surface area contributed by atoms with Gasteiger partial charge in [-0.1, -0.05) is 12.2 Å². The number of aliphatic carboxylic acids is 1. The van der Waals surface area contributed by atoms with E-state index in [1.807, 2.05) is 12.2 Å². The minimum Gasteiger partial charge on any atom is -0.481 e. The number of hydrogen-bond donors (Lipinski definition) is 1. The van der Waals surface area contributed by atoms with Crippen LogP contribution in [-0.4, -0.2) is 35.0 Å². The van der Waals surface area contributed by atoms with E-state index in [9.17, 15) is 9.59 Å². The summed E-state index contributed by atoms with van der Waals surface area (Å²) in [6, 6.07) is 0. The second-order valence-corrected chi connectivity index (χ2v) is 4.60. The maximum atomic E-state index is 12.1. The van der Waals surface area contributed by atoms with Crippen LogP contribution in [0.1, 0.15) is 25.7 Å². The Hall–Kier alpha value is -1.32. The highest BCUT2D eigenvalue weighted by Gasteiger charge is 2.31. The van der Waals surface area contributed by atoms with Gasteiger partial charge in [0.25, 0.3) is 0 Å². The lowest BCUT2D eigenvalue weighted by Gasteiger charge is -2.32. The van der Waals surface area contributed by atoms with Crippen molar-refractivity contribution >= 4 is 11.9 Å². The van der Waals surface area contributed by atoms with Gasteiger partial charge in [0.05, 0.1) is 5.92 Å². The van der Waals surface area contributed by atoms with Crippen molar-refractivity contribution in [3.63, 3.8) is 0 Å². The van der Waals surface area contributed by atoms with E-state index in [-0.39, 0.29) is 17.7 Å². The number of amides is 1. The van der Waals surface area contributed by atoms with E-state index in [4.69, 9.17) is 5.11 Å². The molecule has 4 heteroatoms. The van der Waals surface area contributed by atoms with Crippen LogP contribution in [0.15, 0.2) is 12.2 Å². The molecule has 0 bridgehead atoms. The molecular formula is C12H17NO3. The predicted octanol–water partition coefficient (Wildman–Crippen LogP) is 1.28. The minimum absolute atomic E-state index is 0.0625. The van der Waals surface area contributed by atoms with Gasteiger partial charge in [0.2, 0.25) is 5.91 Å². The van der Waals surface area contributed by atoms with Crippen molar-refractivity contribution in [3.05, 3.63) is 12.2 Å². The Morgan fingerprint density at radius 1 is 1.19 bits per heavy atom. The Labute approximate surface area is 94.9 Å². The lowest BCUT2D eigenvalue weighted by atomic mass is 9.96. The van der Waals surface area contributed by atoms with Gasteiger partial charge >= 0.3 is 5.97 Å². The molecule has 1 heterocycles. The smallest absolute Gasteiger partial charge is 0.308 e. The summed E-state index contributed by atoms with van der Waals surface area (Å²) in [5.41, 5.74) is 0. The van der Waals surface area contributed by atoms with Crippen LogP contribution < -0.4 is 0 Å². The second kappa shape index (κ2) is 4.68. The molecule has 88 valence electrons. The molecule has 1 saturated heterocycles. The molecule has 4 nitrogen and oxygen atoms in total. The molecule has 1 amide bonds. The molecule has 0 saturated carbocycles. The van der Waals surface area contributed by atoms with Gasteiger partial charge in [0, 0.05) is 19.0 Å². The molecular weight excluding hydrogens is 206 g/mol.